The summed E-state index contributed by atoms with van der Waals surface area (Å²) in [6.45, 7) is 7.73. The van der Waals surface area contributed by atoms with Gasteiger partial charge in [-0.1, -0.05) is 27.7 Å². The van der Waals surface area contributed by atoms with Crippen LogP contribution in [0.5, 0.6) is 0 Å². The molecule has 1 heterocycles. The molecule has 1 aromatic heterocycles. The molecule has 1 atom stereocenters. The molecule has 1 N–H and O–H groups in total. The van der Waals surface area contributed by atoms with Crippen molar-refractivity contribution in [2.45, 2.75) is 58.4 Å². The molecular formula is C11H20N4O2. The highest BCUT2D eigenvalue weighted by Gasteiger charge is 2.40. The summed E-state index contributed by atoms with van der Waals surface area (Å²) >= 11 is 0. The van der Waals surface area contributed by atoms with E-state index >= 15 is 0 Å². The molecule has 96 valence electrons. The van der Waals surface area contributed by atoms with Crippen molar-refractivity contribution < 1.29 is 9.90 Å². The van der Waals surface area contributed by atoms with Gasteiger partial charge in [-0.3, -0.25) is 0 Å². The molecule has 1 aromatic rings. The fourth-order valence-corrected chi connectivity index (χ4v) is 1.93. The Morgan fingerprint density at radius 1 is 1.41 bits per heavy atom. The summed E-state index contributed by atoms with van der Waals surface area (Å²) in [6, 6.07) is 0. The van der Waals surface area contributed by atoms with Crippen molar-refractivity contribution in [2.24, 2.45) is 0 Å². The number of rotatable bonds is 6. The van der Waals surface area contributed by atoms with Gasteiger partial charge in [0.15, 0.2) is 11.4 Å². The first-order valence-electron chi connectivity index (χ1n) is 6.05. The quantitative estimate of drug-likeness (QED) is 0.819. The van der Waals surface area contributed by atoms with E-state index in [2.05, 4.69) is 15.5 Å². The van der Waals surface area contributed by atoms with Gasteiger partial charge in [-0.05, 0) is 29.7 Å². The second-order valence-electron chi connectivity index (χ2n) is 4.30. The smallest absolute Gasteiger partial charge is 0.331 e. The first-order chi connectivity index (χ1) is 8.03. The van der Waals surface area contributed by atoms with E-state index in [0.717, 1.165) is 6.42 Å². The molecule has 0 radical (unpaired) electrons. The highest BCUT2D eigenvalue weighted by atomic mass is 16.4. The van der Waals surface area contributed by atoms with E-state index in [1.54, 1.807) is 0 Å². The van der Waals surface area contributed by atoms with Crippen molar-refractivity contribution in [3.8, 4) is 0 Å². The van der Waals surface area contributed by atoms with Crippen LogP contribution in [0.25, 0.3) is 0 Å². The van der Waals surface area contributed by atoms with Crippen LogP contribution in [0.3, 0.4) is 0 Å². The number of tetrazole rings is 1. The zero-order valence-electron chi connectivity index (χ0n) is 10.8. The Kier molecular flexibility index (Phi) is 4.20. The molecule has 0 aromatic carbocycles. The van der Waals surface area contributed by atoms with E-state index in [1.165, 1.54) is 4.68 Å². The largest absolute Gasteiger partial charge is 0.479 e. The molecule has 1 rings (SSSR count). The molecule has 0 aliphatic rings. The van der Waals surface area contributed by atoms with Gasteiger partial charge in [0.25, 0.3) is 0 Å². The summed E-state index contributed by atoms with van der Waals surface area (Å²) in [5.41, 5.74) is -1.03. The predicted molar refractivity (Wildman–Crippen MR) is 62.7 cm³/mol. The van der Waals surface area contributed by atoms with Crippen LogP contribution in [0.4, 0.5) is 0 Å². The second-order valence-corrected chi connectivity index (χ2v) is 4.30. The van der Waals surface area contributed by atoms with Crippen LogP contribution < -0.4 is 0 Å². The Bertz CT molecular complexity index is 385. The van der Waals surface area contributed by atoms with Gasteiger partial charge in [0.1, 0.15) is 0 Å². The highest BCUT2D eigenvalue weighted by molar-refractivity contribution is 5.76. The summed E-state index contributed by atoms with van der Waals surface area (Å²) in [4.78, 5) is 11.5. The third-order valence-corrected chi connectivity index (χ3v) is 3.52. The van der Waals surface area contributed by atoms with Crippen LogP contribution in [0.2, 0.25) is 0 Å². The van der Waals surface area contributed by atoms with E-state index in [4.69, 9.17) is 0 Å². The maximum absolute atomic E-state index is 11.5. The van der Waals surface area contributed by atoms with E-state index in [0.29, 0.717) is 18.7 Å². The van der Waals surface area contributed by atoms with Gasteiger partial charge in [0.05, 0.1) is 0 Å². The number of hydrogen-bond donors (Lipinski definition) is 1. The van der Waals surface area contributed by atoms with Gasteiger partial charge in [-0.15, -0.1) is 5.10 Å². The maximum Gasteiger partial charge on any atom is 0.331 e. The Balaban J connectivity index is 3.29. The summed E-state index contributed by atoms with van der Waals surface area (Å²) < 4.78 is 1.49. The van der Waals surface area contributed by atoms with Gasteiger partial charge >= 0.3 is 5.97 Å². The summed E-state index contributed by atoms with van der Waals surface area (Å²) in [7, 11) is 0. The van der Waals surface area contributed by atoms with Crippen molar-refractivity contribution >= 4 is 5.97 Å². The van der Waals surface area contributed by atoms with Crippen molar-refractivity contribution in [1.29, 1.82) is 0 Å². The molecule has 6 nitrogen and oxygen atoms in total. The lowest BCUT2D eigenvalue weighted by molar-refractivity contribution is -0.149. The van der Waals surface area contributed by atoms with Gasteiger partial charge in [-0.2, -0.15) is 0 Å². The number of aliphatic carboxylic acids is 1. The van der Waals surface area contributed by atoms with Crippen molar-refractivity contribution in [1.82, 2.24) is 20.2 Å². The Morgan fingerprint density at radius 3 is 2.41 bits per heavy atom. The minimum Gasteiger partial charge on any atom is -0.479 e. The Morgan fingerprint density at radius 2 is 2.00 bits per heavy atom. The lowest BCUT2D eigenvalue weighted by Crippen LogP contribution is -2.43. The van der Waals surface area contributed by atoms with Crippen LogP contribution in [0.1, 0.15) is 58.7 Å². The first-order valence-corrected chi connectivity index (χ1v) is 6.05. The fraction of sp³-hybridized carbons (Fsp3) is 0.818. The third kappa shape index (κ3) is 2.16. The molecule has 1 unspecified atom stereocenters. The van der Waals surface area contributed by atoms with Crippen molar-refractivity contribution in [3.63, 3.8) is 0 Å². The van der Waals surface area contributed by atoms with Crippen LogP contribution in [-0.2, 0) is 10.3 Å². The summed E-state index contributed by atoms with van der Waals surface area (Å²) in [5.74, 6) is -0.0696. The second kappa shape index (κ2) is 5.25. The van der Waals surface area contributed by atoms with Crippen LogP contribution in [0.15, 0.2) is 0 Å². The molecule has 0 fully saturated rings. The molecule has 17 heavy (non-hydrogen) atoms. The molecule has 0 spiro atoms. The number of aromatic nitrogens is 4. The minimum absolute atomic E-state index is 0.154. The fourth-order valence-electron chi connectivity index (χ4n) is 1.93. The standard InChI is InChI=1S/C11H20N4O2/c1-5-8(4)9-12-13-14-15(9)11(6-2,7-3)10(16)17/h8H,5-7H2,1-4H3,(H,16,17). The monoisotopic (exact) mass is 240 g/mol. The lowest BCUT2D eigenvalue weighted by atomic mass is 9.92. The zero-order chi connectivity index (χ0) is 13.1. The van der Waals surface area contributed by atoms with E-state index in [9.17, 15) is 9.90 Å². The van der Waals surface area contributed by atoms with Crippen LogP contribution in [-0.4, -0.2) is 31.3 Å². The topological polar surface area (TPSA) is 80.9 Å². The lowest BCUT2D eigenvalue weighted by Gasteiger charge is -2.28. The summed E-state index contributed by atoms with van der Waals surface area (Å²) in [6.07, 6.45) is 1.81. The van der Waals surface area contributed by atoms with E-state index in [1.807, 2.05) is 27.7 Å². The van der Waals surface area contributed by atoms with Crippen molar-refractivity contribution in [2.75, 3.05) is 0 Å². The highest BCUT2D eigenvalue weighted by Crippen LogP contribution is 2.28. The molecule has 0 saturated heterocycles. The minimum atomic E-state index is -1.03. The molecule has 0 aliphatic heterocycles. The average molecular weight is 240 g/mol. The molecule has 0 bridgehead atoms. The predicted octanol–water partition coefficient (Wildman–Crippen LogP) is 1.79. The number of carboxylic acids is 1. The zero-order valence-corrected chi connectivity index (χ0v) is 10.8. The molecule has 6 heteroatoms. The average Bonchev–Trinajstić information content (AvgIpc) is 2.80. The number of hydrogen-bond acceptors (Lipinski definition) is 4. The van der Waals surface area contributed by atoms with E-state index in [-0.39, 0.29) is 5.92 Å². The van der Waals surface area contributed by atoms with Gasteiger partial charge in [0.2, 0.25) is 0 Å². The van der Waals surface area contributed by atoms with Crippen LogP contribution >= 0.6 is 0 Å². The third-order valence-electron chi connectivity index (χ3n) is 3.52. The summed E-state index contributed by atoms with van der Waals surface area (Å²) in [5, 5.41) is 21.0. The molecule has 0 saturated carbocycles. The first kappa shape index (κ1) is 13.6. The Hall–Kier alpha value is -1.46. The van der Waals surface area contributed by atoms with Gasteiger partial charge < -0.3 is 5.11 Å². The molecule has 0 amide bonds. The molecule has 0 aliphatic carbocycles. The molecular weight excluding hydrogens is 220 g/mol. The van der Waals surface area contributed by atoms with Crippen LogP contribution in [0, 0.1) is 0 Å². The maximum atomic E-state index is 11.5. The number of nitrogens with zero attached hydrogens (tertiary/aromatic N) is 4. The van der Waals surface area contributed by atoms with Gasteiger partial charge in [0, 0.05) is 5.92 Å². The SMILES string of the molecule is CCC(C)c1nnnn1C(CC)(CC)C(=O)O. The van der Waals surface area contributed by atoms with Gasteiger partial charge in [-0.25, -0.2) is 9.48 Å². The Labute approximate surface area is 101 Å². The number of carbonyl (C=O) groups is 1. The van der Waals surface area contributed by atoms with E-state index < -0.39 is 11.5 Å². The normalized spacial score (nSPS) is 13.6. The number of carboxylic acid groups (broad SMARTS) is 1. The van der Waals surface area contributed by atoms with Crippen molar-refractivity contribution in [3.05, 3.63) is 5.82 Å².